The Kier molecular flexibility index (Phi) is 5.35. The fraction of sp³-hybridized carbons (Fsp3) is 0.105. The Balaban J connectivity index is 1.69. The molecule has 5 nitrogen and oxygen atoms in total. The highest BCUT2D eigenvalue weighted by Crippen LogP contribution is 2.22. The van der Waals surface area contributed by atoms with Crippen molar-refractivity contribution < 1.29 is 18.0 Å². The summed E-state index contributed by atoms with van der Waals surface area (Å²) in [6, 6.07) is 11.3. The molecule has 138 valence electrons. The molecule has 0 bridgehead atoms. The molecule has 0 aliphatic carbocycles. The van der Waals surface area contributed by atoms with Gasteiger partial charge in [0.1, 0.15) is 11.5 Å². The number of carbonyl (C=O) groups excluding carboxylic acids is 1. The lowest BCUT2D eigenvalue weighted by molar-refractivity contribution is 0.0779. The highest BCUT2D eigenvalue weighted by Gasteiger charge is 2.16. The molecule has 1 heterocycles. The van der Waals surface area contributed by atoms with Crippen LogP contribution >= 0.6 is 0 Å². The van der Waals surface area contributed by atoms with E-state index in [4.69, 9.17) is 0 Å². The standard InChI is InChI=1S/C19H15F3N4O/c1-26(11-12-5-3-2-4-6-12)19(27)15-9-24-16(10-23-15)25-14-8-7-13(20)17(21)18(14)22/h2-10H,11H2,1H3,(H,24,25). The van der Waals surface area contributed by atoms with Gasteiger partial charge in [0.15, 0.2) is 17.5 Å². The molecule has 1 aromatic heterocycles. The SMILES string of the molecule is CN(Cc1ccccc1)C(=O)c1cnc(Nc2ccc(F)c(F)c2F)cn1. The lowest BCUT2D eigenvalue weighted by atomic mass is 10.2. The minimum atomic E-state index is -1.58. The van der Waals surface area contributed by atoms with E-state index in [1.165, 1.54) is 17.3 Å². The van der Waals surface area contributed by atoms with E-state index in [9.17, 15) is 18.0 Å². The van der Waals surface area contributed by atoms with Crippen LogP contribution in [0.1, 0.15) is 16.1 Å². The maximum Gasteiger partial charge on any atom is 0.274 e. The molecule has 27 heavy (non-hydrogen) atoms. The molecule has 0 radical (unpaired) electrons. The van der Waals surface area contributed by atoms with E-state index < -0.39 is 17.5 Å². The zero-order valence-corrected chi connectivity index (χ0v) is 14.3. The van der Waals surface area contributed by atoms with Crippen LogP contribution < -0.4 is 5.32 Å². The number of anilines is 2. The lowest BCUT2D eigenvalue weighted by Gasteiger charge is -2.16. The monoisotopic (exact) mass is 372 g/mol. The van der Waals surface area contributed by atoms with Gasteiger partial charge in [0.05, 0.1) is 18.1 Å². The first-order valence-corrected chi connectivity index (χ1v) is 7.97. The minimum Gasteiger partial charge on any atom is -0.336 e. The number of amides is 1. The molecule has 8 heteroatoms. The summed E-state index contributed by atoms with van der Waals surface area (Å²) in [5.74, 6) is -4.48. The average Bonchev–Trinajstić information content (AvgIpc) is 2.69. The number of hydrogen-bond acceptors (Lipinski definition) is 4. The molecule has 0 atom stereocenters. The normalized spacial score (nSPS) is 10.5. The molecule has 0 aliphatic rings. The number of rotatable bonds is 5. The first kappa shape index (κ1) is 18.4. The Morgan fingerprint density at radius 2 is 1.74 bits per heavy atom. The molecule has 0 aliphatic heterocycles. The Bertz CT molecular complexity index is 949. The van der Waals surface area contributed by atoms with Gasteiger partial charge in [0.25, 0.3) is 5.91 Å². The number of halogens is 3. The van der Waals surface area contributed by atoms with Crippen LogP contribution in [-0.2, 0) is 6.54 Å². The molecule has 1 amide bonds. The maximum atomic E-state index is 13.7. The minimum absolute atomic E-state index is 0.0853. The molecule has 3 rings (SSSR count). The second kappa shape index (κ2) is 7.86. The zero-order valence-electron chi connectivity index (χ0n) is 14.3. The van der Waals surface area contributed by atoms with E-state index >= 15 is 0 Å². The lowest BCUT2D eigenvalue weighted by Crippen LogP contribution is -2.27. The van der Waals surface area contributed by atoms with Gasteiger partial charge in [0.2, 0.25) is 0 Å². The fourth-order valence-corrected chi connectivity index (χ4v) is 2.39. The van der Waals surface area contributed by atoms with Crippen molar-refractivity contribution in [3.05, 3.63) is 83.6 Å². The third-order valence-electron chi connectivity index (χ3n) is 3.78. The van der Waals surface area contributed by atoms with E-state index in [1.54, 1.807) is 7.05 Å². The Morgan fingerprint density at radius 1 is 1.00 bits per heavy atom. The van der Waals surface area contributed by atoms with Crippen molar-refractivity contribution in [1.29, 1.82) is 0 Å². The van der Waals surface area contributed by atoms with Crippen molar-refractivity contribution in [2.45, 2.75) is 6.54 Å². The van der Waals surface area contributed by atoms with E-state index in [-0.39, 0.29) is 23.1 Å². The topological polar surface area (TPSA) is 58.1 Å². The third-order valence-corrected chi connectivity index (χ3v) is 3.78. The largest absolute Gasteiger partial charge is 0.336 e. The number of aromatic nitrogens is 2. The van der Waals surface area contributed by atoms with Crippen molar-refractivity contribution in [3.8, 4) is 0 Å². The molecule has 1 N–H and O–H groups in total. The highest BCUT2D eigenvalue weighted by molar-refractivity contribution is 5.91. The molecule has 0 saturated carbocycles. The first-order chi connectivity index (χ1) is 13.0. The third kappa shape index (κ3) is 4.22. The Morgan fingerprint density at radius 3 is 2.41 bits per heavy atom. The van der Waals surface area contributed by atoms with Crippen molar-refractivity contribution in [2.24, 2.45) is 0 Å². The van der Waals surface area contributed by atoms with Crippen molar-refractivity contribution in [1.82, 2.24) is 14.9 Å². The van der Waals surface area contributed by atoms with E-state index in [1.807, 2.05) is 30.3 Å². The second-order valence-electron chi connectivity index (χ2n) is 5.78. The molecule has 0 spiro atoms. The van der Waals surface area contributed by atoms with Gasteiger partial charge in [-0.2, -0.15) is 0 Å². The van der Waals surface area contributed by atoms with Crippen LogP contribution in [-0.4, -0.2) is 27.8 Å². The second-order valence-corrected chi connectivity index (χ2v) is 5.78. The predicted molar refractivity (Wildman–Crippen MR) is 93.9 cm³/mol. The quantitative estimate of drug-likeness (QED) is 0.690. The van der Waals surface area contributed by atoms with Crippen molar-refractivity contribution in [2.75, 3.05) is 12.4 Å². The van der Waals surface area contributed by atoms with Gasteiger partial charge in [-0.1, -0.05) is 30.3 Å². The Labute approximate surface area is 153 Å². The van der Waals surface area contributed by atoms with Gasteiger partial charge in [-0.05, 0) is 17.7 Å². The summed E-state index contributed by atoms with van der Waals surface area (Å²) in [4.78, 5) is 21.9. The van der Waals surface area contributed by atoms with Crippen LogP contribution in [0.3, 0.4) is 0 Å². The van der Waals surface area contributed by atoms with Crippen LogP contribution in [0, 0.1) is 17.5 Å². The fourth-order valence-electron chi connectivity index (χ4n) is 2.39. The van der Waals surface area contributed by atoms with Gasteiger partial charge in [-0.25, -0.2) is 23.1 Å². The number of carbonyl (C=O) groups is 1. The van der Waals surface area contributed by atoms with Gasteiger partial charge >= 0.3 is 0 Å². The smallest absolute Gasteiger partial charge is 0.274 e. The van der Waals surface area contributed by atoms with Crippen LogP contribution in [0.5, 0.6) is 0 Å². The molecular weight excluding hydrogens is 357 g/mol. The summed E-state index contributed by atoms with van der Waals surface area (Å²) >= 11 is 0. The summed E-state index contributed by atoms with van der Waals surface area (Å²) in [7, 11) is 1.64. The molecule has 0 fully saturated rings. The van der Waals surface area contributed by atoms with E-state index in [0.717, 1.165) is 17.7 Å². The van der Waals surface area contributed by atoms with Crippen LogP contribution in [0.15, 0.2) is 54.9 Å². The van der Waals surface area contributed by atoms with Crippen LogP contribution in [0.4, 0.5) is 24.7 Å². The molecule has 2 aromatic carbocycles. The molecular formula is C19H15F3N4O. The molecule has 0 saturated heterocycles. The van der Waals surface area contributed by atoms with Gasteiger partial charge in [-0.15, -0.1) is 0 Å². The number of hydrogen-bond donors (Lipinski definition) is 1. The summed E-state index contributed by atoms with van der Waals surface area (Å²) in [5, 5.41) is 2.50. The zero-order chi connectivity index (χ0) is 19.4. The molecule has 3 aromatic rings. The van der Waals surface area contributed by atoms with Crippen molar-refractivity contribution in [3.63, 3.8) is 0 Å². The van der Waals surface area contributed by atoms with Crippen molar-refractivity contribution >= 4 is 17.4 Å². The Hall–Kier alpha value is -3.42. The van der Waals surface area contributed by atoms with E-state index in [2.05, 4.69) is 15.3 Å². The van der Waals surface area contributed by atoms with E-state index in [0.29, 0.717) is 6.54 Å². The summed E-state index contributed by atoms with van der Waals surface area (Å²) in [6.45, 7) is 0.404. The summed E-state index contributed by atoms with van der Waals surface area (Å²) in [5.41, 5.74) is 0.779. The summed E-state index contributed by atoms with van der Waals surface area (Å²) < 4.78 is 39.9. The molecule has 0 unspecified atom stereocenters. The number of benzene rings is 2. The number of nitrogens with one attached hydrogen (secondary N) is 1. The van der Waals surface area contributed by atoms with Gasteiger partial charge in [0, 0.05) is 13.6 Å². The van der Waals surface area contributed by atoms with Crippen LogP contribution in [0.25, 0.3) is 0 Å². The first-order valence-electron chi connectivity index (χ1n) is 7.97. The summed E-state index contributed by atoms with van der Waals surface area (Å²) in [6.07, 6.45) is 2.44. The van der Waals surface area contributed by atoms with Gasteiger partial charge < -0.3 is 10.2 Å². The maximum absolute atomic E-state index is 13.7. The van der Waals surface area contributed by atoms with Gasteiger partial charge in [-0.3, -0.25) is 4.79 Å². The average molecular weight is 372 g/mol. The number of nitrogens with zero attached hydrogens (tertiary/aromatic N) is 3. The highest BCUT2D eigenvalue weighted by atomic mass is 19.2. The predicted octanol–water partition coefficient (Wildman–Crippen LogP) is 3.91. The van der Waals surface area contributed by atoms with Crippen LogP contribution in [0.2, 0.25) is 0 Å².